The molecule has 1 heterocycles. The number of rotatable bonds is 8. The molecule has 0 saturated heterocycles. The van der Waals surface area contributed by atoms with Crippen molar-refractivity contribution in [2.75, 3.05) is 24.1 Å². The number of nitrogen functional groups attached to an aromatic ring is 1. The lowest BCUT2D eigenvalue weighted by Crippen LogP contribution is -2.33. The van der Waals surface area contributed by atoms with Crippen molar-refractivity contribution in [3.05, 3.63) is 72.3 Å². The van der Waals surface area contributed by atoms with Gasteiger partial charge in [-0.25, -0.2) is 4.98 Å². The zero-order valence-electron chi connectivity index (χ0n) is 17.4. The minimum atomic E-state index is -0.612. The number of benzene rings is 2. The van der Waals surface area contributed by atoms with E-state index in [1.165, 1.54) is 12.1 Å². The molecule has 0 saturated carbocycles. The molecule has 6 N–H and O–H groups in total. The van der Waals surface area contributed by atoms with Crippen LogP contribution in [0.15, 0.2) is 77.0 Å². The Kier molecular flexibility index (Phi) is 7.76. The topological polar surface area (TPSA) is 174 Å². The number of nitrogens with zero attached hydrogens (tertiary/aromatic N) is 3. The number of hydrogen-bond donors (Lipinski definition) is 4. The molecule has 168 valence electrons. The van der Waals surface area contributed by atoms with Crippen LogP contribution in [0.2, 0.25) is 0 Å². The SMILES string of the molecule is NCC(=O)Oc1ccccc1N=Nc1ccc(NC(=O)CNC(=O)c2ccccc2)nc1N. The van der Waals surface area contributed by atoms with Crippen LogP contribution in [0.3, 0.4) is 0 Å². The second-order valence-corrected chi connectivity index (χ2v) is 6.54. The van der Waals surface area contributed by atoms with Gasteiger partial charge in [0.2, 0.25) is 5.91 Å². The maximum absolute atomic E-state index is 12.1. The Morgan fingerprint density at radius 2 is 1.61 bits per heavy atom. The van der Waals surface area contributed by atoms with Gasteiger partial charge in [-0.15, -0.1) is 10.2 Å². The van der Waals surface area contributed by atoms with Gasteiger partial charge in [0.15, 0.2) is 11.6 Å². The molecule has 0 fully saturated rings. The summed E-state index contributed by atoms with van der Waals surface area (Å²) in [6.45, 7) is -0.513. The third-order valence-corrected chi connectivity index (χ3v) is 4.14. The molecule has 0 aliphatic carbocycles. The molecule has 1 aromatic heterocycles. The summed E-state index contributed by atoms with van der Waals surface area (Å²) in [5, 5.41) is 13.1. The summed E-state index contributed by atoms with van der Waals surface area (Å²) in [6, 6.07) is 18.1. The number of esters is 1. The second kappa shape index (κ2) is 11.1. The van der Waals surface area contributed by atoms with Crippen LogP contribution >= 0.6 is 0 Å². The van der Waals surface area contributed by atoms with Gasteiger partial charge in [-0.1, -0.05) is 30.3 Å². The van der Waals surface area contributed by atoms with Crippen LogP contribution in [0.1, 0.15) is 10.4 Å². The number of amides is 2. The Labute approximate surface area is 188 Å². The summed E-state index contributed by atoms with van der Waals surface area (Å²) in [6.07, 6.45) is 0. The van der Waals surface area contributed by atoms with E-state index in [-0.39, 0.29) is 42.1 Å². The van der Waals surface area contributed by atoms with Gasteiger partial charge in [-0.05, 0) is 36.4 Å². The van der Waals surface area contributed by atoms with Gasteiger partial charge in [-0.3, -0.25) is 14.4 Å². The quantitative estimate of drug-likeness (QED) is 0.233. The first-order chi connectivity index (χ1) is 16.0. The molecular weight excluding hydrogens is 426 g/mol. The molecule has 11 heteroatoms. The van der Waals surface area contributed by atoms with Crippen molar-refractivity contribution in [3.8, 4) is 5.75 Å². The van der Waals surface area contributed by atoms with Gasteiger partial charge >= 0.3 is 5.97 Å². The number of pyridine rings is 1. The maximum atomic E-state index is 12.1. The van der Waals surface area contributed by atoms with Crippen LogP contribution in [0.25, 0.3) is 0 Å². The largest absolute Gasteiger partial charge is 0.423 e. The molecule has 3 aromatic rings. The van der Waals surface area contributed by atoms with Gasteiger partial charge in [-0.2, -0.15) is 0 Å². The molecule has 2 aromatic carbocycles. The van der Waals surface area contributed by atoms with Gasteiger partial charge in [0.1, 0.15) is 17.2 Å². The van der Waals surface area contributed by atoms with Crippen molar-refractivity contribution >= 4 is 40.8 Å². The van der Waals surface area contributed by atoms with Crippen molar-refractivity contribution in [1.29, 1.82) is 0 Å². The van der Waals surface area contributed by atoms with E-state index in [1.54, 1.807) is 54.6 Å². The minimum absolute atomic E-state index is 0.0151. The highest BCUT2D eigenvalue weighted by Gasteiger charge is 2.10. The Bertz CT molecular complexity index is 1180. The Balaban J connectivity index is 1.60. The highest BCUT2D eigenvalue weighted by atomic mass is 16.5. The summed E-state index contributed by atoms with van der Waals surface area (Å²) in [5.41, 5.74) is 12.2. The van der Waals surface area contributed by atoms with Crippen molar-refractivity contribution in [2.24, 2.45) is 16.0 Å². The molecule has 0 aliphatic heterocycles. The van der Waals surface area contributed by atoms with Gasteiger partial charge < -0.3 is 26.8 Å². The van der Waals surface area contributed by atoms with Gasteiger partial charge in [0, 0.05) is 5.56 Å². The molecule has 0 atom stereocenters. The molecular formula is C22H21N7O4. The highest BCUT2D eigenvalue weighted by molar-refractivity contribution is 5.99. The number of ether oxygens (including phenoxy) is 1. The first kappa shape index (κ1) is 23.0. The lowest BCUT2D eigenvalue weighted by atomic mass is 10.2. The van der Waals surface area contributed by atoms with Crippen LogP contribution in [0.5, 0.6) is 5.75 Å². The van der Waals surface area contributed by atoms with E-state index in [0.29, 0.717) is 11.3 Å². The van der Waals surface area contributed by atoms with Crippen LogP contribution < -0.4 is 26.8 Å². The zero-order chi connectivity index (χ0) is 23.6. The maximum Gasteiger partial charge on any atom is 0.325 e. The lowest BCUT2D eigenvalue weighted by molar-refractivity contribution is -0.132. The van der Waals surface area contributed by atoms with E-state index in [0.717, 1.165) is 0 Å². The number of hydrogen-bond acceptors (Lipinski definition) is 9. The fraction of sp³-hybridized carbons (Fsp3) is 0.0909. The summed E-state index contributed by atoms with van der Waals surface area (Å²) in [5.74, 6) is -1.06. The van der Waals surface area contributed by atoms with Crippen molar-refractivity contribution in [2.45, 2.75) is 0 Å². The third-order valence-electron chi connectivity index (χ3n) is 4.14. The number of nitrogens with two attached hydrogens (primary N) is 2. The fourth-order valence-corrected chi connectivity index (χ4v) is 2.56. The monoisotopic (exact) mass is 447 g/mol. The summed E-state index contributed by atoms with van der Waals surface area (Å²) < 4.78 is 5.10. The van der Waals surface area contributed by atoms with Crippen LogP contribution in [0, 0.1) is 0 Å². The number of azo groups is 1. The first-order valence-electron chi connectivity index (χ1n) is 9.77. The normalized spacial score (nSPS) is 10.6. The molecule has 11 nitrogen and oxygen atoms in total. The molecule has 0 radical (unpaired) electrons. The first-order valence-corrected chi connectivity index (χ1v) is 9.77. The average Bonchev–Trinajstić information content (AvgIpc) is 2.83. The van der Waals surface area contributed by atoms with Crippen molar-refractivity contribution in [1.82, 2.24) is 10.3 Å². The average molecular weight is 447 g/mol. The molecule has 2 amide bonds. The van der Waals surface area contributed by atoms with E-state index in [1.807, 2.05) is 0 Å². The molecule has 0 bridgehead atoms. The molecule has 33 heavy (non-hydrogen) atoms. The number of carbonyl (C=O) groups is 3. The predicted octanol–water partition coefficient (Wildman–Crippen LogP) is 2.31. The van der Waals surface area contributed by atoms with Crippen molar-refractivity contribution < 1.29 is 19.1 Å². The Hall–Kier alpha value is -4.64. The van der Waals surface area contributed by atoms with Crippen molar-refractivity contribution in [3.63, 3.8) is 0 Å². The lowest BCUT2D eigenvalue weighted by Gasteiger charge is -2.08. The number of aromatic nitrogens is 1. The van der Waals surface area contributed by atoms with E-state index in [4.69, 9.17) is 16.2 Å². The number of nitrogens with one attached hydrogen (secondary N) is 2. The van der Waals surface area contributed by atoms with Crippen LogP contribution in [0.4, 0.5) is 23.0 Å². The van der Waals surface area contributed by atoms with Crippen LogP contribution in [-0.4, -0.2) is 35.9 Å². The standard InChI is InChI=1S/C22H21N7O4/c23-12-20(31)33-17-9-5-4-8-15(17)28-29-16-10-11-18(27-21(16)24)26-19(30)13-25-22(32)14-6-2-1-3-7-14/h1-11H,12-13,23H2,(H,25,32)(H3,24,26,27,30). The van der Waals surface area contributed by atoms with Gasteiger partial charge in [0.05, 0.1) is 13.1 Å². The minimum Gasteiger partial charge on any atom is -0.423 e. The Morgan fingerprint density at radius 1 is 0.909 bits per heavy atom. The number of carbonyl (C=O) groups excluding carboxylic acids is 3. The number of para-hydroxylation sites is 1. The highest BCUT2D eigenvalue weighted by Crippen LogP contribution is 2.30. The molecule has 3 rings (SSSR count). The van der Waals surface area contributed by atoms with Gasteiger partial charge in [0.25, 0.3) is 5.91 Å². The summed E-state index contributed by atoms with van der Waals surface area (Å²) in [7, 11) is 0. The second-order valence-electron chi connectivity index (χ2n) is 6.54. The summed E-state index contributed by atoms with van der Waals surface area (Å²) in [4.78, 5) is 39.6. The van der Waals surface area contributed by atoms with E-state index in [2.05, 4.69) is 25.8 Å². The number of anilines is 2. The predicted molar refractivity (Wildman–Crippen MR) is 121 cm³/mol. The Morgan fingerprint density at radius 3 is 2.33 bits per heavy atom. The van der Waals surface area contributed by atoms with Crippen LogP contribution in [-0.2, 0) is 9.59 Å². The molecule has 0 unspecified atom stereocenters. The zero-order valence-corrected chi connectivity index (χ0v) is 17.4. The third kappa shape index (κ3) is 6.67. The fourth-order valence-electron chi connectivity index (χ4n) is 2.56. The van der Waals surface area contributed by atoms with E-state index >= 15 is 0 Å². The van der Waals surface area contributed by atoms with E-state index < -0.39 is 11.9 Å². The molecule has 0 aliphatic rings. The van der Waals surface area contributed by atoms with E-state index in [9.17, 15) is 14.4 Å². The smallest absolute Gasteiger partial charge is 0.325 e. The molecule has 0 spiro atoms. The summed E-state index contributed by atoms with van der Waals surface area (Å²) >= 11 is 0.